The lowest BCUT2D eigenvalue weighted by atomic mass is 9.88. The van der Waals surface area contributed by atoms with E-state index in [4.69, 9.17) is 4.74 Å². The molecular formula is C11H8O3. The van der Waals surface area contributed by atoms with E-state index in [-0.39, 0.29) is 22.8 Å². The normalized spacial score (nSPS) is 82.0. The van der Waals surface area contributed by atoms with E-state index in [2.05, 4.69) is 0 Å². The van der Waals surface area contributed by atoms with E-state index in [1.54, 1.807) is 0 Å². The predicted octanol–water partition coefficient (Wildman–Crippen LogP) is 0.198. The van der Waals surface area contributed by atoms with Crippen molar-refractivity contribution >= 4 is 11.9 Å². The molecule has 1 heterocycles. The molecule has 0 radical (unpaired) electrons. The van der Waals surface area contributed by atoms with E-state index in [0.29, 0.717) is 23.7 Å². The zero-order valence-electron chi connectivity index (χ0n) is 7.40. The van der Waals surface area contributed by atoms with Crippen molar-refractivity contribution in [1.29, 1.82) is 0 Å². The quantitative estimate of drug-likeness (QED) is 0.403. The molecule has 0 aromatic rings. The van der Waals surface area contributed by atoms with Crippen LogP contribution in [0.1, 0.15) is 6.42 Å². The maximum Gasteiger partial charge on any atom is 0.321 e. The molecule has 7 aliphatic rings. The van der Waals surface area contributed by atoms with Crippen LogP contribution in [0.15, 0.2) is 0 Å². The summed E-state index contributed by atoms with van der Waals surface area (Å²) in [7, 11) is 0. The van der Waals surface area contributed by atoms with Crippen LogP contribution in [-0.2, 0) is 14.3 Å². The molecule has 1 saturated heterocycles. The predicted molar refractivity (Wildman–Crippen MR) is 41.5 cm³/mol. The third-order valence-corrected chi connectivity index (χ3v) is 6.59. The van der Waals surface area contributed by atoms with Crippen LogP contribution < -0.4 is 0 Å². The zero-order valence-corrected chi connectivity index (χ0v) is 7.40. The molecule has 2 spiro atoms. The molecule has 6 aliphatic carbocycles. The SMILES string of the molecule is O=C1OC(=O)C23[C@@H]4C5CC([C@H]6[C@@H]5C162)[C@@H]43. The highest BCUT2D eigenvalue weighted by Crippen LogP contribution is 3.06. The fourth-order valence-corrected chi connectivity index (χ4v) is 6.89. The van der Waals surface area contributed by atoms with Crippen molar-refractivity contribution < 1.29 is 14.3 Å². The molecule has 1 aliphatic heterocycles. The third kappa shape index (κ3) is 0.220. The molecule has 7 fully saturated rings. The topological polar surface area (TPSA) is 43.4 Å². The summed E-state index contributed by atoms with van der Waals surface area (Å²) < 4.78 is 4.91. The van der Waals surface area contributed by atoms with Crippen LogP contribution in [0.2, 0.25) is 0 Å². The molecule has 3 nitrogen and oxygen atoms in total. The average molecular weight is 188 g/mol. The third-order valence-electron chi connectivity index (χ3n) is 6.59. The van der Waals surface area contributed by atoms with Gasteiger partial charge in [-0.15, -0.1) is 0 Å². The first-order valence-corrected chi connectivity index (χ1v) is 5.54. The van der Waals surface area contributed by atoms with Crippen LogP contribution in [-0.4, -0.2) is 11.9 Å². The van der Waals surface area contributed by atoms with Crippen molar-refractivity contribution in [3.05, 3.63) is 0 Å². The number of esters is 2. The van der Waals surface area contributed by atoms with Gasteiger partial charge in [-0.25, -0.2) is 0 Å². The van der Waals surface area contributed by atoms with Gasteiger partial charge < -0.3 is 4.74 Å². The van der Waals surface area contributed by atoms with Crippen LogP contribution in [0.5, 0.6) is 0 Å². The summed E-state index contributed by atoms with van der Waals surface area (Å²) in [5.74, 6) is 3.45. The van der Waals surface area contributed by atoms with Crippen LogP contribution in [0.25, 0.3) is 0 Å². The molecule has 0 amide bonds. The lowest BCUT2D eigenvalue weighted by Gasteiger charge is -2.05. The van der Waals surface area contributed by atoms with E-state index in [1.165, 1.54) is 6.42 Å². The Kier molecular flexibility index (Phi) is 0.459. The molecule has 2 unspecified atom stereocenters. The number of ether oxygens (including phenoxy) is 1. The first-order valence-electron chi connectivity index (χ1n) is 5.54. The summed E-state index contributed by atoms with van der Waals surface area (Å²) >= 11 is 0. The second-order valence-corrected chi connectivity index (χ2v) is 6.08. The molecule has 0 aromatic carbocycles. The smallest absolute Gasteiger partial charge is 0.321 e. The molecule has 6 atom stereocenters. The molecule has 7 rings (SSSR count). The zero-order chi connectivity index (χ0) is 9.03. The fraction of sp³-hybridized carbons (Fsp3) is 0.818. The van der Waals surface area contributed by atoms with Gasteiger partial charge in [-0.2, -0.15) is 0 Å². The highest BCUT2D eigenvalue weighted by Gasteiger charge is 3.11. The Morgan fingerprint density at radius 2 is 1.36 bits per heavy atom. The molecule has 0 N–H and O–H groups in total. The fourth-order valence-electron chi connectivity index (χ4n) is 6.89. The van der Waals surface area contributed by atoms with Gasteiger partial charge in [0.1, 0.15) is 0 Å². The molecule has 6 saturated carbocycles. The lowest BCUT2D eigenvalue weighted by molar-refractivity contribution is -0.155. The standard InChI is InChI=1S/C11H8O3/c12-8-10-4-2-1-3(6(4)10)7-5(2)11(7,10)9(13)14-8/h2-7H,1H2/t2?,3?,4-,5-,6+,7+,10?,11?. The van der Waals surface area contributed by atoms with E-state index in [1.807, 2.05) is 0 Å². The summed E-state index contributed by atoms with van der Waals surface area (Å²) in [6.07, 6.45) is 1.31. The highest BCUT2D eigenvalue weighted by molar-refractivity contribution is 6.10. The Morgan fingerprint density at radius 1 is 0.929 bits per heavy atom. The maximum atomic E-state index is 11.8. The van der Waals surface area contributed by atoms with Crippen molar-refractivity contribution in [2.75, 3.05) is 0 Å². The first-order chi connectivity index (χ1) is 6.77. The van der Waals surface area contributed by atoms with Crippen molar-refractivity contribution in [3.63, 3.8) is 0 Å². The van der Waals surface area contributed by atoms with Crippen molar-refractivity contribution in [1.82, 2.24) is 0 Å². The second kappa shape index (κ2) is 1.09. The van der Waals surface area contributed by atoms with Crippen molar-refractivity contribution in [3.8, 4) is 0 Å². The maximum absolute atomic E-state index is 11.8. The summed E-state index contributed by atoms with van der Waals surface area (Å²) in [5.41, 5.74) is -0.486. The van der Waals surface area contributed by atoms with Gasteiger partial charge in [0, 0.05) is 0 Å². The monoisotopic (exact) mass is 188 g/mol. The number of hydrogen-bond acceptors (Lipinski definition) is 3. The van der Waals surface area contributed by atoms with Crippen LogP contribution in [0, 0.1) is 46.3 Å². The second-order valence-electron chi connectivity index (χ2n) is 6.08. The lowest BCUT2D eigenvalue weighted by Crippen LogP contribution is -2.21. The molecule has 14 heavy (non-hydrogen) atoms. The summed E-state index contributed by atoms with van der Waals surface area (Å²) in [4.78, 5) is 23.6. The largest absolute Gasteiger partial charge is 0.392 e. The van der Waals surface area contributed by atoms with Crippen LogP contribution in [0.4, 0.5) is 0 Å². The van der Waals surface area contributed by atoms with Gasteiger partial charge in [0.2, 0.25) is 0 Å². The summed E-state index contributed by atoms with van der Waals surface area (Å²) in [6.45, 7) is 0. The van der Waals surface area contributed by atoms with E-state index in [9.17, 15) is 9.59 Å². The molecule has 70 valence electrons. The Hall–Kier alpha value is -0.860. The Morgan fingerprint density at radius 3 is 1.79 bits per heavy atom. The Balaban J connectivity index is 1.83. The van der Waals surface area contributed by atoms with E-state index in [0.717, 1.165) is 11.8 Å². The van der Waals surface area contributed by atoms with Crippen molar-refractivity contribution in [2.24, 2.45) is 46.3 Å². The number of hydrogen-bond donors (Lipinski definition) is 0. The summed E-state index contributed by atoms with van der Waals surface area (Å²) in [6, 6.07) is 0. The van der Waals surface area contributed by atoms with Gasteiger partial charge in [0.25, 0.3) is 0 Å². The molecule has 2 bridgehead atoms. The van der Waals surface area contributed by atoms with Gasteiger partial charge in [-0.3, -0.25) is 9.59 Å². The van der Waals surface area contributed by atoms with Crippen LogP contribution >= 0.6 is 0 Å². The van der Waals surface area contributed by atoms with E-state index >= 15 is 0 Å². The minimum absolute atomic E-state index is 0.144. The summed E-state index contributed by atoms with van der Waals surface area (Å²) in [5, 5.41) is 0. The number of carbonyl (C=O) groups excluding carboxylic acids is 2. The number of rotatable bonds is 0. The number of cyclic esters (lactones) is 2. The van der Waals surface area contributed by atoms with Gasteiger partial charge >= 0.3 is 11.9 Å². The minimum Gasteiger partial charge on any atom is -0.392 e. The minimum atomic E-state index is -0.243. The Bertz CT molecular complexity index is 417. The van der Waals surface area contributed by atoms with E-state index < -0.39 is 0 Å². The number of carbonyl (C=O) groups is 2. The molecular weight excluding hydrogens is 180 g/mol. The highest BCUT2D eigenvalue weighted by atomic mass is 16.6. The Labute approximate surface area is 79.8 Å². The van der Waals surface area contributed by atoms with Gasteiger partial charge in [0.05, 0.1) is 10.8 Å². The first kappa shape index (κ1) is 5.89. The van der Waals surface area contributed by atoms with Crippen LogP contribution in [0.3, 0.4) is 0 Å². The average Bonchev–Trinajstić information content (AvgIpc) is 2.85. The van der Waals surface area contributed by atoms with Gasteiger partial charge in [-0.1, -0.05) is 0 Å². The molecule has 0 aromatic heterocycles. The van der Waals surface area contributed by atoms with Gasteiger partial charge in [-0.05, 0) is 41.9 Å². The van der Waals surface area contributed by atoms with Gasteiger partial charge in [0.15, 0.2) is 0 Å². The van der Waals surface area contributed by atoms with Crippen molar-refractivity contribution in [2.45, 2.75) is 6.42 Å². The molecule has 3 heteroatoms.